The summed E-state index contributed by atoms with van der Waals surface area (Å²) in [6, 6.07) is 4.46. The molecule has 0 saturated carbocycles. The van der Waals surface area contributed by atoms with Crippen molar-refractivity contribution in [3.05, 3.63) is 35.4 Å². The molecule has 138 valence electrons. The number of benzene rings is 1. The van der Waals surface area contributed by atoms with E-state index in [1.54, 1.807) is 6.92 Å². The standard InChI is InChI=1S/C17H21F3N2O3/c1-11(10-13-4-2-3-5-14(13)17(18,19)20)21-16(25)22-8-6-12(7-9-22)15(23)24/h2-5,11-12H,6-10H2,1H3,(H,21,25)(H,23,24). The largest absolute Gasteiger partial charge is 0.481 e. The van der Waals surface area contributed by atoms with Crippen LogP contribution in [0.3, 0.4) is 0 Å². The van der Waals surface area contributed by atoms with Crippen LogP contribution in [-0.2, 0) is 17.4 Å². The average Bonchev–Trinajstić information content (AvgIpc) is 2.54. The van der Waals surface area contributed by atoms with Crippen LogP contribution in [0.15, 0.2) is 24.3 Å². The van der Waals surface area contributed by atoms with Gasteiger partial charge in [0.25, 0.3) is 0 Å². The summed E-state index contributed by atoms with van der Waals surface area (Å²) in [7, 11) is 0. The molecule has 1 heterocycles. The number of hydrogen-bond acceptors (Lipinski definition) is 2. The van der Waals surface area contributed by atoms with E-state index in [2.05, 4.69) is 5.32 Å². The normalized spacial score (nSPS) is 17.2. The Hall–Kier alpha value is -2.25. The van der Waals surface area contributed by atoms with E-state index in [1.165, 1.54) is 23.1 Å². The molecular formula is C17H21F3N2O3. The summed E-state index contributed by atoms with van der Waals surface area (Å²) < 4.78 is 39.0. The van der Waals surface area contributed by atoms with Crippen molar-refractivity contribution in [2.75, 3.05) is 13.1 Å². The first-order chi connectivity index (χ1) is 11.7. The molecule has 25 heavy (non-hydrogen) atoms. The molecule has 1 unspecified atom stereocenters. The molecule has 0 aromatic heterocycles. The fraction of sp³-hybridized carbons (Fsp3) is 0.529. The first-order valence-corrected chi connectivity index (χ1v) is 8.12. The number of carbonyl (C=O) groups is 2. The Bertz CT molecular complexity index is 626. The molecule has 1 fully saturated rings. The van der Waals surface area contributed by atoms with E-state index in [0.29, 0.717) is 25.9 Å². The van der Waals surface area contributed by atoms with Gasteiger partial charge in [-0.25, -0.2) is 4.79 Å². The third-order valence-corrected chi connectivity index (χ3v) is 4.35. The van der Waals surface area contributed by atoms with Crippen LogP contribution in [0.25, 0.3) is 0 Å². The Labute approximate surface area is 143 Å². The molecule has 0 radical (unpaired) electrons. The first kappa shape index (κ1) is 19.1. The van der Waals surface area contributed by atoms with Gasteiger partial charge in [0.05, 0.1) is 11.5 Å². The number of urea groups is 1. The lowest BCUT2D eigenvalue weighted by atomic mass is 9.97. The summed E-state index contributed by atoms with van der Waals surface area (Å²) in [4.78, 5) is 24.6. The number of rotatable bonds is 4. The van der Waals surface area contributed by atoms with E-state index in [1.807, 2.05) is 0 Å². The van der Waals surface area contributed by atoms with Crippen LogP contribution in [-0.4, -0.2) is 41.1 Å². The SMILES string of the molecule is CC(Cc1ccccc1C(F)(F)F)NC(=O)N1CCC(C(=O)O)CC1. The number of aliphatic carboxylic acids is 1. The summed E-state index contributed by atoms with van der Waals surface area (Å²) >= 11 is 0. The minimum absolute atomic E-state index is 0.0625. The zero-order valence-electron chi connectivity index (χ0n) is 13.8. The lowest BCUT2D eigenvalue weighted by Gasteiger charge is -2.31. The monoisotopic (exact) mass is 358 g/mol. The van der Waals surface area contributed by atoms with Crippen LogP contribution < -0.4 is 5.32 Å². The van der Waals surface area contributed by atoms with Crippen LogP contribution in [0.5, 0.6) is 0 Å². The molecule has 0 bridgehead atoms. The maximum Gasteiger partial charge on any atom is 0.416 e. The van der Waals surface area contributed by atoms with Gasteiger partial charge in [0.2, 0.25) is 0 Å². The van der Waals surface area contributed by atoms with Gasteiger partial charge in [-0.2, -0.15) is 13.2 Å². The maximum atomic E-state index is 13.0. The highest BCUT2D eigenvalue weighted by Crippen LogP contribution is 2.32. The highest BCUT2D eigenvalue weighted by Gasteiger charge is 2.33. The summed E-state index contributed by atoms with van der Waals surface area (Å²) in [5, 5.41) is 11.6. The van der Waals surface area contributed by atoms with Crippen molar-refractivity contribution < 1.29 is 27.9 Å². The van der Waals surface area contributed by atoms with Crippen molar-refractivity contribution in [2.24, 2.45) is 5.92 Å². The van der Waals surface area contributed by atoms with Crippen LogP contribution in [0.1, 0.15) is 30.9 Å². The predicted molar refractivity (Wildman–Crippen MR) is 85.1 cm³/mol. The lowest BCUT2D eigenvalue weighted by molar-refractivity contribution is -0.143. The summed E-state index contributed by atoms with van der Waals surface area (Å²) in [5.74, 6) is -1.31. The maximum absolute atomic E-state index is 13.0. The summed E-state index contributed by atoms with van der Waals surface area (Å²) in [6.07, 6.45) is -3.60. The van der Waals surface area contributed by atoms with E-state index < -0.39 is 29.7 Å². The number of carboxylic acids is 1. The fourth-order valence-electron chi connectivity index (χ4n) is 2.99. The molecule has 2 rings (SSSR count). The van der Waals surface area contributed by atoms with Gasteiger partial charge in [0.15, 0.2) is 0 Å². The van der Waals surface area contributed by atoms with E-state index in [9.17, 15) is 22.8 Å². The Morgan fingerprint density at radius 1 is 1.28 bits per heavy atom. The Morgan fingerprint density at radius 2 is 1.88 bits per heavy atom. The summed E-state index contributed by atoms with van der Waals surface area (Å²) in [5.41, 5.74) is -0.564. The number of amides is 2. The van der Waals surface area contributed by atoms with Crippen molar-refractivity contribution in [3.63, 3.8) is 0 Å². The Morgan fingerprint density at radius 3 is 2.44 bits per heavy atom. The number of likely N-dealkylation sites (tertiary alicyclic amines) is 1. The van der Waals surface area contributed by atoms with Gasteiger partial charge >= 0.3 is 18.2 Å². The molecule has 1 aliphatic rings. The number of hydrogen-bond donors (Lipinski definition) is 2. The number of nitrogens with zero attached hydrogens (tertiary/aromatic N) is 1. The predicted octanol–water partition coefficient (Wildman–Crippen LogP) is 3.14. The number of carbonyl (C=O) groups excluding carboxylic acids is 1. The second-order valence-corrected chi connectivity index (χ2v) is 6.31. The van der Waals surface area contributed by atoms with Crippen molar-refractivity contribution >= 4 is 12.0 Å². The quantitative estimate of drug-likeness (QED) is 0.869. The Balaban J connectivity index is 1.92. The van der Waals surface area contributed by atoms with Crippen LogP contribution >= 0.6 is 0 Å². The van der Waals surface area contributed by atoms with Crippen molar-refractivity contribution in [3.8, 4) is 0 Å². The molecular weight excluding hydrogens is 337 g/mol. The number of halogens is 3. The van der Waals surface area contributed by atoms with Crippen LogP contribution in [0.2, 0.25) is 0 Å². The molecule has 1 aliphatic heterocycles. The lowest BCUT2D eigenvalue weighted by Crippen LogP contribution is -2.48. The summed E-state index contributed by atoms with van der Waals surface area (Å²) in [6.45, 7) is 2.30. The van der Waals surface area contributed by atoms with E-state index in [0.717, 1.165) is 6.07 Å². The fourth-order valence-corrected chi connectivity index (χ4v) is 2.99. The molecule has 1 aromatic rings. The smallest absolute Gasteiger partial charge is 0.416 e. The molecule has 1 atom stereocenters. The van der Waals surface area contributed by atoms with Gasteiger partial charge < -0.3 is 15.3 Å². The van der Waals surface area contributed by atoms with Crippen molar-refractivity contribution in [1.82, 2.24) is 10.2 Å². The third-order valence-electron chi connectivity index (χ3n) is 4.35. The highest BCUT2D eigenvalue weighted by atomic mass is 19.4. The highest BCUT2D eigenvalue weighted by molar-refractivity contribution is 5.75. The van der Waals surface area contributed by atoms with E-state index in [4.69, 9.17) is 5.11 Å². The zero-order chi connectivity index (χ0) is 18.6. The van der Waals surface area contributed by atoms with Gasteiger partial charge in [-0.1, -0.05) is 18.2 Å². The molecule has 8 heteroatoms. The number of nitrogens with one attached hydrogen (secondary N) is 1. The number of carboxylic acid groups (broad SMARTS) is 1. The number of piperidine rings is 1. The van der Waals surface area contributed by atoms with Crippen molar-refractivity contribution in [1.29, 1.82) is 0 Å². The average molecular weight is 358 g/mol. The van der Waals surface area contributed by atoms with Gasteiger partial charge in [-0.3, -0.25) is 4.79 Å². The van der Waals surface area contributed by atoms with Gasteiger partial charge in [-0.05, 0) is 37.8 Å². The topological polar surface area (TPSA) is 69.6 Å². The van der Waals surface area contributed by atoms with Crippen LogP contribution in [0, 0.1) is 5.92 Å². The Kier molecular flexibility index (Phi) is 5.92. The molecule has 1 aromatic carbocycles. The zero-order valence-corrected chi connectivity index (χ0v) is 13.8. The van der Waals surface area contributed by atoms with Crippen LogP contribution in [0.4, 0.5) is 18.0 Å². The van der Waals surface area contributed by atoms with Gasteiger partial charge in [-0.15, -0.1) is 0 Å². The third kappa shape index (κ3) is 5.11. The second-order valence-electron chi connectivity index (χ2n) is 6.31. The molecule has 2 N–H and O–H groups in total. The number of alkyl halides is 3. The molecule has 1 saturated heterocycles. The molecule has 0 aliphatic carbocycles. The minimum Gasteiger partial charge on any atom is -0.481 e. The van der Waals surface area contributed by atoms with E-state index in [-0.39, 0.29) is 18.0 Å². The molecule has 5 nitrogen and oxygen atoms in total. The van der Waals surface area contributed by atoms with Crippen molar-refractivity contribution in [2.45, 2.75) is 38.4 Å². The first-order valence-electron chi connectivity index (χ1n) is 8.12. The van der Waals surface area contributed by atoms with E-state index >= 15 is 0 Å². The second kappa shape index (κ2) is 7.76. The van der Waals surface area contributed by atoms with Gasteiger partial charge in [0, 0.05) is 19.1 Å². The molecule has 0 spiro atoms. The van der Waals surface area contributed by atoms with Gasteiger partial charge in [0.1, 0.15) is 0 Å². The molecule has 2 amide bonds. The minimum atomic E-state index is -4.43.